The molecule has 3 aliphatic rings. The minimum absolute atomic E-state index is 0.116. The zero-order valence-corrected chi connectivity index (χ0v) is 21.4. The van der Waals surface area contributed by atoms with E-state index in [0.29, 0.717) is 39.0 Å². The molecule has 9 nitrogen and oxygen atoms in total. The molecule has 1 N–H and O–H groups in total. The van der Waals surface area contributed by atoms with E-state index in [9.17, 15) is 36.4 Å². The summed E-state index contributed by atoms with van der Waals surface area (Å²) in [5.41, 5.74) is -2.00. The standard InChI is InChI=1S/C24H29F3N4O5S/c1-15(32)30-7-9-31(10-8-30)16-3-4-21(19(11-16)24(25,26)27)37(34,35)17-12-18(20(13-17)36-2)22(33)29-23(14-28)5-6-23/h3-4,11,17-18,20H,5-10,12-13H2,1-2H3,(H,29,33)/t17-,18-,20-/m1/s1. The van der Waals surface area contributed by atoms with E-state index in [2.05, 4.69) is 5.32 Å². The normalized spacial score (nSPS) is 25.5. The van der Waals surface area contributed by atoms with Gasteiger partial charge >= 0.3 is 6.18 Å². The molecule has 4 rings (SSSR count). The highest BCUT2D eigenvalue weighted by Crippen LogP contribution is 2.43. The zero-order chi connectivity index (χ0) is 27.2. The maximum absolute atomic E-state index is 14.1. The molecule has 2 amide bonds. The highest BCUT2D eigenvalue weighted by Gasteiger charge is 2.51. The highest BCUT2D eigenvalue weighted by atomic mass is 32.2. The molecule has 2 saturated carbocycles. The summed E-state index contributed by atoms with van der Waals surface area (Å²) in [5, 5.41) is 10.6. The van der Waals surface area contributed by atoms with Crippen LogP contribution >= 0.6 is 0 Å². The Hall–Kier alpha value is -2.85. The van der Waals surface area contributed by atoms with Gasteiger partial charge in [-0.2, -0.15) is 18.4 Å². The van der Waals surface area contributed by atoms with Crippen LogP contribution in [-0.4, -0.2) is 75.3 Å². The van der Waals surface area contributed by atoms with Gasteiger partial charge in [0.15, 0.2) is 9.84 Å². The first-order valence-corrected chi connectivity index (χ1v) is 13.6. The third-order valence-electron chi connectivity index (χ3n) is 7.53. The molecule has 0 unspecified atom stereocenters. The molecule has 0 spiro atoms. The number of benzene rings is 1. The van der Waals surface area contributed by atoms with E-state index in [1.54, 1.807) is 9.80 Å². The van der Waals surface area contributed by atoms with E-state index in [0.717, 1.165) is 12.1 Å². The summed E-state index contributed by atoms with van der Waals surface area (Å²) in [5.74, 6) is -1.55. The van der Waals surface area contributed by atoms with Crippen LogP contribution in [0.4, 0.5) is 18.9 Å². The van der Waals surface area contributed by atoms with Gasteiger partial charge in [-0.15, -0.1) is 0 Å². The highest BCUT2D eigenvalue weighted by molar-refractivity contribution is 7.92. The van der Waals surface area contributed by atoms with Gasteiger partial charge in [0.2, 0.25) is 11.8 Å². The number of hydrogen-bond donors (Lipinski definition) is 1. The second-order valence-corrected chi connectivity index (χ2v) is 12.1. The zero-order valence-electron chi connectivity index (χ0n) is 20.5. The maximum Gasteiger partial charge on any atom is 0.417 e. The van der Waals surface area contributed by atoms with Gasteiger partial charge in [-0.05, 0) is 43.9 Å². The number of amides is 2. The number of nitrogens with one attached hydrogen (secondary N) is 1. The molecule has 1 saturated heterocycles. The van der Waals surface area contributed by atoms with Crippen LogP contribution in [0.5, 0.6) is 0 Å². The summed E-state index contributed by atoms with van der Waals surface area (Å²) in [6.45, 7) is 2.78. The van der Waals surface area contributed by atoms with E-state index < -0.39 is 55.2 Å². The van der Waals surface area contributed by atoms with Crippen LogP contribution in [0.25, 0.3) is 0 Å². The first-order chi connectivity index (χ1) is 17.3. The number of alkyl halides is 3. The van der Waals surface area contributed by atoms with Crippen molar-refractivity contribution in [2.45, 2.75) is 60.6 Å². The van der Waals surface area contributed by atoms with Crippen molar-refractivity contribution in [2.24, 2.45) is 5.92 Å². The largest absolute Gasteiger partial charge is 0.417 e. The predicted molar refractivity (Wildman–Crippen MR) is 126 cm³/mol. The molecule has 37 heavy (non-hydrogen) atoms. The van der Waals surface area contributed by atoms with E-state index in [1.807, 2.05) is 6.07 Å². The Bertz CT molecular complexity index is 1220. The maximum atomic E-state index is 14.1. The molecule has 202 valence electrons. The van der Waals surface area contributed by atoms with Gasteiger partial charge in [0.25, 0.3) is 0 Å². The molecule has 1 aromatic rings. The van der Waals surface area contributed by atoms with Gasteiger partial charge in [0.1, 0.15) is 5.54 Å². The molecule has 0 aromatic heterocycles. The fraction of sp³-hybridized carbons (Fsp3) is 0.625. The molecule has 2 aliphatic carbocycles. The Morgan fingerprint density at radius 2 is 1.81 bits per heavy atom. The number of rotatable bonds is 6. The summed E-state index contributed by atoms with van der Waals surface area (Å²) < 4.78 is 74.6. The lowest BCUT2D eigenvalue weighted by atomic mass is 10.0. The van der Waals surface area contributed by atoms with E-state index in [4.69, 9.17) is 4.74 Å². The number of ether oxygens (including phenoxy) is 1. The third-order valence-corrected chi connectivity index (χ3v) is 9.76. The van der Waals surface area contributed by atoms with Crippen molar-refractivity contribution in [3.05, 3.63) is 23.8 Å². The Balaban J connectivity index is 1.59. The second kappa shape index (κ2) is 9.79. The molecule has 13 heteroatoms. The number of sulfone groups is 1. The number of halogens is 3. The summed E-state index contributed by atoms with van der Waals surface area (Å²) in [6.07, 6.45) is -5.09. The van der Waals surface area contributed by atoms with Crippen molar-refractivity contribution in [3.8, 4) is 6.07 Å². The number of piperazine rings is 1. The topological polar surface area (TPSA) is 120 Å². The van der Waals surface area contributed by atoms with Crippen LogP contribution in [0.1, 0.15) is 38.2 Å². The lowest BCUT2D eigenvalue weighted by molar-refractivity contribution is -0.139. The minimum Gasteiger partial charge on any atom is -0.381 e. The summed E-state index contributed by atoms with van der Waals surface area (Å²) in [4.78, 5) is 26.8. The number of nitrogens with zero attached hydrogens (tertiary/aromatic N) is 3. The van der Waals surface area contributed by atoms with Gasteiger partial charge in [0.05, 0.1) is 33.8 Å². The van der Waals surface area contributed by atoms with Gasteiger partial charge in [-0.3, -0.25) is 9.59 Å². The molecule has 3 atom stereocenters. The predicted octanol–water partition coefficient (Wildman–Crippen LogP) is 2.11. The van der Waals surface area contributed by atoms with Crippen LogP contribution < -0.4 is 10.2 Å². The van der Waals surface area contributed by atoms with Crippen LogP contribution in [0.2, 0.25) is 0 Å². The molecule has 1 heterocycles. The Kier molecular flexibility index (Phi) is 7.20. The van der Waals surface area contributed by atoms with Crippen LogP contribution in [-0.2, 0) is 30.3 Å². The molecular formula is C24H29F3N4O5S. The third kappa shape index (κ3) is 5.40. The Morgan fingerprint density at radius 1 is 1.16 bits per heavy atom. The lowest BCUT2D eigenvalue weighted by Crippen LogP contribution is -2.48. The summed E-state index contributed by atoms with van der Waals surface area (Å²) >= 11 is 0. The molecular weight excluding hydrogens is 513 g/mol. The second-order valence-electron chi connectivity index (χ2n) is 9.87. The fourth-order valence-corrected chi connectivity index (χ4v) is 7.11. The van der Waals surface area contributed by atoms with Crippen molar-refractivity contribution < 1.29 is 35.9 Å². The molecule has 0 bridgehead atoms. The van der Waals surface area contributed by atoms with E-state index >= 15 is 0 Å². The number of nitriles is 1. The Labute approximate surface area is 213 Å². The van der Waals surface area contributed by atoms with Gasteiger partial charge in [0, 0.05) is 45.9 Å². The van der Waals surface area contributed by atoms with Crippen molar-refractivity contribution in [2.75, 3.05) is 38.2 Å². The van der Waals surface area contributed by atoms with Crippen molar-refractivity contribution in [1.82, 2.24) is 10.2 Å². The number of anilines is 1. The SMILES string of the molecule is CO[C@@H]1C[C@H](S(=O)(=O)c2ccc(N3CCN(C(C)=O)CC3)cc2C(F)(F)F)C[C@H]1C(=O)NC1(C#N)CC1. The number of carbonyl (C=O) groups excluding carboxylic acids is 2. The fourth-order valence-electron chi connectivity index (χ4n) is 5.11. The molecule has 1 aromatic carbocycles. The smallest absolute Gasteiger partial charge is 0.381 e. The van der Waals surface area contributed by atoms with Crippen LogP contribution in [0.3, 0.4) is 0 Å². The average Bonchev–Trinajstić information content (AvgIpc) is 3.48. The average molecular weight is 543 g/mol. The van der Waals surface area contributed by atoms with Crippen molar-refractivity contribution in [1.29, 1.82) is 5.26 Å². The van der Waals surface area contributed by atoms with Crippen LogP contribution in [0.15, 0.2) is 23.1 Å². The Morgan fingerprint density at radius 3 is 2.32 bits per heavy atom. The molecule has 1 aliphatic heterocycles. The monoisotopic (exact) mass is 542 g/mol. The molecule has 0 radical (unpaired) electrons. The number of hydrogen-bond acceptors (Lipinski definition) is 7. The summed E-state index contributed by atoms with van der Waals surface area (Å²) in [7, 11) is -3.16. The first-order valence-electron chi connectivity index (χ1n) is 12.0. The number of carbonyl (C=O) groups is 2. The van der Waals surface area contributed by atoms with Crippen LogP contribution in [0, 0.1) is 17.2 Å². The van der Waals surface area contributed by atoms with E-state index in [-0.39, 0.29) is 24.4 Å². The van der Waals surface area contributed by atoms with Crippen molar-refractivity contribution in [3.63, 3.8) is 0 Å². The minimum atomic E-state index is -4.93. The lowest BCUT2D eigenvalue weighted by Gasteiger charge is -2.36. The first kappa shape index (κ1) is 27.2. The van der Waals surface area contributed by atoms with Crippen molar-refractivity contribution >= 4 is 27.3 Å². The summed E-state index contributed by atoms with van der Waals surface area (Å²) in [6, 6.07) is 5.20. The molecule has 3 fully saturated rings. The quantitative estimate of drug-likeness (QED) is 0.585. The van der Waals surface area contributed by atoms with Gasteiger partial charge in [-0.1, -0.05) is 0 Å². The van der Waals surface area contributed by atoms with Gasteiger partial charge in [-0.25, -0.2) is 8.42 Å². The van der Waals surface area contributed by atoms with E-state index in [1.165, 1.54) is 20.1 Å². The number of methoxy groups -OCH3 is 1. The van der Waals surface area contributed by atoms with Gasteiger partial charge < -0.3 is 19.9 Å².